The number of aliphatic hydroxyl groups is 1. The lowest BCUT2D eigenvalue weighted by molar-refractivity contribution is 0.0607. The fourth-order valence-electron chi connectivity index (χ4n) is 1.29. The first kappa shape index (κ1) is 14.7. The summed E-state index contributed by atoms with van der Waals surface area (Å²) in [6, 6.07) is 1.61. The van der Waals surface area contributed by atoms with Crippen LogP contribution in [-0.4, -0.2) is 42.5 Å². The van der Waals surface area contributed by atoms with Gasteiger partial charge in [-0.3, -0.25) is 4.79 Å². The van der Waals surface area contributed by atoms with Gasteiger partial charge in [-0.1, -0.05) is 25.9 Å². The lowest BCUT2D eigenvalue weighted by Gasteiger charge is -2.12. The summed E-state index contributed by atoms with van der Waals surface area (Å²) >= 11 is 0. The molecular formula is C12H20N2O4. The molecule has 0 aliphatic carbocycles. The zero-order chi connectivity index (χ0) is 13.8. The Kier molecular flexibility index (Phi) is 4.86. The van der Waals surface area contributed by atoms with Crippen molar-refractivity contribution >= 4 is 5.91 Å². The molecule has 0 saturated carbocycles. The lowest BCUT2D eigenvalue weighted by atomic mass is 9.93. The number of nitrogens with one attached hydrogen (secondary N) is 1. The molecular weight excluding hydrogens is 236 g/mol. The summed E-state index contributed by atoms with van der Waals surface area (Å²) in [5.41, 5.74) is 0.0192. The van der Waals surface area contributed by atoms with E-state index in [1.807, 2.05) is 20.8 Å². The van der Waals surface area contributed by atoms with Crippen molar-refractivity contribution < 1.29 is 19.2 Å². The number of carbonyl (C=O) groups is 1. The summed E-state index contributed by atoms with van der Waals surface area (Å²) in [7, 11) is 1.48. The molecule has 1 rings (SSSR count). The van der Waals surface area contributed by atoms with Crippen molar-refractivity contribution in [3.8, 4) is 0 Å². The van der Waals surface area contributed by atoms with Gasteiger partial charge in [-0.15, -0.1) is 0 Å². The van der Waals surface area contributed by atoms with Gasteiger partial charge in [0, 0.05) is 25.1 Å². The topological polar surface area (TPSA) is 84.6 Å². The van der Waals surface area contributed by atoms with E-state index in [1.165, 1.54) is 7.11 Å². The monoisotopic (exact) mass is 256 g/mol. The molecule has 1 aromatic heterocycles. The predicted octanol–water partition coefficient (Wildman–Crippen LogP) is 0.709. The lowest BCUT2D eigenvalue weighted by Crippen LogP contribution is -2.34. The number of aliphatic hydroxyl groups excluding tert-OH is 1. The van der Waals surface area contributed by atoms with Crippen LogP contribution in [0.4, 0.5) is 0 Å². The van der Waals surface area contributed by atoms with Crippen molar-refractivity contribution in [2.45, 2.75) is 32.3 Å². The molecule has 1 amide bonds. The van der Waals surface area contributed by atoms with Gasteiger partial charge in [0.1, 0.15) is 5.76 Å². The maximum Gasteiger partial charge on any atom is 0.273 e. The van der Waals surface area contributed by atoms with E-state index in [0.29, 0.717) is 5.76 Å². The zero-order valence-corrected chi connectivity index (χ0v) is 11.2. The second-order valence-corrected chi connectivity index (χ2v) is 5.15. The van der Waals surface area contributed by atoms with E-state index in [1.54, 1.807) is 6.07 Å². The van der Waals surface area contributed by atoms with E-state index >= 15 is 0 Å². The highest BCUT2D eigenvalue weighted by Gasteiger charge is 2.22. The summed E-state index contributed by atoms with van der Waals surface area (Å²) in [6.07, 6.45) is -0.729. The Hall–Kier alpha value is -1.40. The Morgan fingerprint density at radius 3 is 2.78 bits per heavy atom. The second kappa shape index (κ2) is 5.97. The SMILES string of the molecule is COCC(O)CNC(=O)c1cc(C(C)(C)C)on1. The highest BCUT2D eigenvalue weighted by molar-refractivity contribution is 5.92. The van der Waals surface area contributed by atoms with Crippen molar-refractivity contribution in [2.24, 2.45) is 0 Å². The van der Waals surface area contributed by atoms with Gasteiger partial charge in [0.05, 0.1) is 12.7 Å². The van der Waals surface area contributed by atoms with E-state index in [4.69, 9.17) is 9.26 Å². The van der Waals surface area contributed by atoms with E-state index < -0.39 is 6.10 Å². The maximum absolute atomic E-state index is 11.7. The number of nitrogens with zero attached hydrogens (tertiary/aromatic N) is 1. The minimum absolute atomic E-state index is 0.115. The average Bonchev–Trinajstić information content (AvgIpc) is 2.75. The van der Waals surface area contributed by atoms with Crippen LogP contribution in [0.5, 0.6) is 0 Å². The van der Waals surface area contributed by atoms with E-state index in [-0.39, 0.29) is 30.2 Å². The number of aromatic nitrogens is 1. The van der Waals surface area contributed by atoms with Crippen LogP contribution >= 0.6 is 0 Å². The molecule has 1 heterocycles. The summed E-state index contributed by atoms with van der Waals surface area (Å²) in [5.74, 6) is 0.273. The van der Waals surface area contributed by atoms with Gasteiger partial charge < -0.3 is 19.7 Å². The molecule has 1 atom stereocenters. The van der Waals surface area contributed by atoms with Crippen molar-refractivity contribution in [1.29, 1.82) is 0 Å². The van der Waals surface area contributed by atoms with Crippen LogP contribution in [0.15, 0.2) is 10.6 Å². The molecule has 2 N–H and O–H groups in total. The Morgan fingerprint density at radius 2 is 2.28 bits per heavy atom. The number of hydrogen-bond acceptors (Lipinski definition) is 5. The van der Waals surface area contributed by atoms with Crippen molar-refractivity contribution in [3.05, 3.63) is 17.5 Å². The Labute approximate surface area is 106 Å². The minimum Gasteiger partial charge on any atom is -0.389 e. The van der Waals surface area contributed by atoms with Crippen LogP contribution in [0.25, 0.3) is 0 Å². The molecule has 0 aromatic carbocycles. The van der Waals surface area contributed by atoms with E-state index in [9.17, 15) is 9.90 Å². The summed E-state index contributed by atoms with van der Waals surface area (Å²) in [5, 5.41) is 15.7. The highest BCUT2D eigenvalue weighted by Crippen LogP contribution is 2.22. The number of carbonyl (C=O) groups excluding carboxylic acids is 1. The summed E-state index contributed by atoms with van der Waals surface area (Å²) < 4.78 is 9.86. The van der Waals surface area contributed by atoms with Crippen LogP contribution in [0, 0.1) is 0 Å². The summed E-state index contributed by atoms with van der Waals surface area (Å²) in [4.78, 5) is 11.7. The highest BCUT2D eigenvalue weighted by atomic mass is 16.5. The van der Waals surface area contributed by atoms with Gasteiger partial charge in [0.2, 0.25) is 0 Å². The van der Waals surface area contributed by atoms with Crippen LogP contribution in [0.1, 0.15) is 37.0 Å². The fourth-order valence-corrected chi connectivity index (χ4v) is 1.29. The molecule has 0 saturated heterocycles. The van der Waals surface area contributed by atoms with Gasteiger partial charge in [-0.2, -0.15) is 0 Å². The van der Waals surface area contributed by atoms with E-state index in [0.717, 1.165) is 0 Å². The Morgan fingerprint density at radius 1 is 1.61 bits per heavy atom. The maximum atomic E-state index is 11.7. The largest absolute Gasteiger partial charge is 0.389 e. The fraction of sp³-hybridized carbons (Fsp3) is 0.667. The number of ether oxygens (including phenoxy) is 1. The molecule has 0 aliphatic rings. The van der Waals surface area contributed by atoms with Crippen molar-refractivity contribution in [3.63, 3.8) is 0 Å². The third-order valence-corrected chi connectivity index (χ3v) is 2.34. The van der Waals surface area contributed by atoms with Gasteiger partial charge in [-0.05, 0) is 0 Å². The summed E-state index contributed by atoms with van der Waals surface area (Å²) in [6.45, 7) is 6.20. The molecule has 18 heavy (non-hydrogen) atoms. The van der Waals surface area contributed by atoms with Gasteiger partial charge in [-0.25, -0.2) is 0 Å². The van der Waals surface area contributed by atoms with Crippen LogP contribution in [0.2, 0.25) is 0 Å². The average molecular weight is 256 g/mol. The van der Waals surface area contributed by atoms with Crippen LogP contribution in [0.3, 0.4) is 0 Å². The number of amides is 1. The number of rotatable bonds is 5. The third-order valence-electron chi connectivity index (χ3n) is 2.34. The quantitative estimate of drug-likeness (QED) is 0.810. The normalized spacial score (nSPS) is 13.4. The Bertz CT molecular complexity index is 395. The van der Waals surface area contributed by atoms with Crippen LogP contribution in [-0.2, 0) is 10.2 Å². The molecule has 0 fully saturated rings. The standard InChI is InChI=1S/C12H20N2O4/c1-12(2,3)10-5-9(14-18-10)11(16)13-6-8(15)7-17-4/h5,8,15H,6-7H2,1-4H3,(H,13,16). The second-order valence-electron chi connectivity index (χ2n) is 5.15. The van der Waals surface area contributed by atoms with Gasteiger partial charge in [0.25, 0.3) is 5.91 Å². The zero-order valence-electron chi connectivity index (χ0n) is 11.2. The number of methoxy groups -OCH3 is 1. The molecule has 6 heteroatoms. The van der Waals surface area contributed by atoms with E-state index in [2.05, 4.69) is 10.5 Å². The Balaban J connectivity index is 2.55. The van der Waals surface area contributed by atoms with Crippen LogP contribution < -0.4 is 5.32 Å². The first-order valence-electron chi connectivity index (χ1n) is 5.77. The molecule has 0 spiro atoms. The number of hydrogen-bond donors (Lipinski definition) is 2. The molecule has 0 radical (unpaired) electrons. The molecule has 0 aliphatic heterocycles. The smallest absolute Gasteiger partial charge is 0.273 e. The third kappa shape index (κ3) is 4.12. The molecule has 102 valence electrons. The molecule has 1 aromatic rings. The molecule has 1 unspecified atom stereocenters. The van der Waals surface area contributed by atoms with Gasteiger partial charge >= 0.3 is 0 Å². The molecule has 0 bridgehead atoms. The molecule has 6 nitrogen and oxygen atoms in total. The first-order valence-corrected chi connectivity index (χ1v) is 5.77. The van der Waals surface area contributed by atoms with Crippen molar-refractivity contribution in [1.82, 2.24) is 10.5 Å². The first-order chi connectivity index (χ1) is 8.34. The van der Waals surface area contributed by atoms with Crippen molar-refractivity contribution in [2.75, 3.05) is 20.3 Å². The van der Waals surface area contributed by atoms with Gasteiger partial charge in [0.15, 0.2) is 5.69 Å². The predicted molar refractivity (Wildman–Crippen MR) is 65.4 cm³/mol. The minimum atomic E-state index is -0.729.